The molecule has 0 aliphatic carbocycles. The number of rotatable bonds is 1. The van der Waals surface area contributed by atoms with Gasteiger partial charge in [0.05, 0.1) is 0 Å². The summed E-state index contributed by atoms with van der Waals surface area (Å²) in [5, 5.41) is 21.2. The maximum Gasteiger partial charge on any atom is 0.158 e. The lowest BCUT2D eigenvalue weighted by Gasteiger charge is -2.49. The van der Waals surface area contributed by atoms with Crippen molar-refractivity contribution in [2.45, 2.75) is 31.3 Å². The normalized spacial score (nSPS) is 25.6. The van der Waals surface area contributed by atoms with Crippen molar-refractivity contribution in [3.05, 3.63) is 30.3 Å². The molecule has 2 N–H and O–H groups in total. The highest BCUT2D eigenvalue weighted by molar-refractivity contribution is 5.88. The first kappa shape index (κ1) is 13.7. The summed E-state index contributed by atoms with van der Waals surface area (Å²) in [6, 6.07) is 10.8. The van der Waals surface area contributed by atoms with Crippen LogP contribution in [0.1, 0.15) is 19.3 Å². The number of fused-ring (bicyclic) bond motifs is 3. The van der Waals surface area contributed by atoms with E-state index in [4.69, 9.17) is 0 Å². The largest absolute Gasteiger partial charge is 0.504 e. The van der Waals surface area contributed by atoms with Gasteiger partial charge in [-0.15, -0.1) is 0 Å². The fourth-order valence-corrected chi connectivity index (χ4v) is 3.99. The number of aromatic hydroxyl groups is 2. The SMILES string of the molecule is CN1C2CCCC1CN(c1ccc3cc(O)c(O)cc3c1)C2. The highest BCUT2D eigenvalue weighted by Gasteiger charge is 2.34. The van der Waals surface area contributed by atoms with E-state index in [1.807, 2.05) is 6.07 Å². The fraction of sp³-hybridized carbons (Fsp3) is 0.444. The molecule has 2 fully saturated rings. The molecule has 2 aliphatic rings. The lowest BCUT2D eigenvalue weighted by atomic mass is 9.91. The number of benzene rings is 2. The average Bonchev–Trinajstić information content (AvgIpc) is 2.48. The van der Waals surface area contributed by atoms with E-state index in [2.05, 4.69) is 29.0 Å². The summed E-state index contributed by atoms with van der Waals surface area (Å²) < 4.78 is 0. The van der Waals surface area contributed by atoms with Crippen LogP contribution in [-0.2, 0) is 0 Å². The zero-order chi connectivity index (χ0) is 15.3. The zero-order valence-electron chi connectivity index (χ0n) is 12.9. The molecule has 0 aromatic heterocycles. The third-order valence-corrected chi connectivity index (χ3v) is 5.37. The van der Waals surface area contributed by atoms with Gasteiger partial charge in [0.25, 0.3) is 0 Å². The Hall–Kier alpha value is -1.94. The molecule has 2 saturated heterocycles. The van der Waals surface area contributed by atoms with Gasteiger partial charge >= 0.3 is 0 Å². The average molecular weight is 298 g/mol. The van der Waals surface area contributed by atoms with E-state index >= 15 is 0 Å². The Labute approximate surface area is 130 Å². The molecule has 0 radical (unpaired) electrons. The maximum absolute atomic E-state index is 9.71. The Kier molecular flexibility index (Phi) is 3.15. The number of piperidine rings is 1. The Morgan fingerprint density at radius 2 is 1.55 bits per heavy atom. The van der Waals surface area contributed by atoms with Gasteiger partial charge in [0.2, 0.25) is 0 Å². The molecule has 2 aliphatic heterocycles. The first-order valence-corrected chi connectivity index (χ1v) is 8.04. The van der Waals surface area contributed by atoms with Crippen LogP contribution in [-0.4, -0.2) is 47.3 Å². The van der Waals surface area contributed by atoms with E-state index in [0.29, 0.717) is 12.1 Å². The summed E-state index contributed by atoms with van der Waals surface area (Å²) in [7, 11) is 2.26. The molecule has 2 aromatic carbocycles. The number of phenolic OH excluding ortho intramolecular Hbond substituents is 2. The number of likely N-dealkylation sites (N-methyl/N-ethyl adjacent to an activating group) is 1. The van der Waals surface area contributed by atoms with Crippen molar-refractivity contribution in [3.8, 4) is 11.5 Å². The summed E-state index contributed by atoms with van der Waals surface area (Å²) in [6.45, 7) is 2.14. The van der Waals surface area contributed by atoms with Gasteiger partial charge in [-0.2, -0.15) is 0 Å². The van der Waals surface area contributed by atoms with Crippen molar-refractivity contribution in [3.63, 3.8) is 0 Å². The number of anilines is 1. The Morgan fingerprint density at radius 3 is 2.23 bits per heavy atom. The zero-order valence-corrected chi connectivity index (χ0v) is 12.9. The smallest absolute Gasteiger partial charge is 0.158 e. The van der Waals surface area contributed by atoms with Crippen molar-refractivity contribution in [2.75, 3.05) is 25.0 Å². The molecule has 0 spiro atoms. The van der Waals surface area contributed by atoms with Gasteiger partial charge in [-0.25, -0.2) is 0 Å². The molecule has 4 nitrogen and oxygen atoms in total. The first-order chi connectivity index (χ1) is 10.6. The molecule has 2 aromatic rings. The van der Waals surface area contributed by atoms with Crippen LogP contribution in [0.15, 0.2) is 30.3 Å². The number of nitrogens with zero attached hydrogens (tertiary/aromatic N) is 2. The minimum atomic E-state index is -0.0608. The van der Waals surface area contributed by atoms with E-state index in [1.165, 1.54) is 24.9 Å². The van der Waals surface area contributed by atoms with Crippen molar-refractivity contribution < 1.29 is 10.2 Å². The van der Waals surface area contributed by atoms with Gasteiger partial charge in [-0.3, -0.25) is 4.90 Å². The van der Waals surface area contributed by atoms with Crippen LogP contribution < -0.4 is 4.90 Å². The minimum absolute atomic E-state index is 0.0557. The van der Waals surface area contributed by atoms with Crippen LogP contribution in [0.3, 0.4) is 0 Å². The van der Waals surface area contributed by atoms with Crippen LogP contribution in [0, 0.1) is 0 Å². The van der Waals surface area contributed by atoms with E-state index in [9.17, 15) is 10.2 Å². The van der Waals surface area contributed by atoms with Crippen molar-refractivity contribution >= 4 is 16.5 Å². The second kappa shape index (κ2) is 5.06. The molecule has 22 heavy (non-hydrogen) atoms. The monoisotopic (exact) mass is 298 g/mol. The molecule has 2 unspecified atom stereocenters. The third kappa shape index (κ3) is 2.18. The molecule has 4 rings (SSSR count). The van der Waals surface area contributed by atoms with Gasteiger partial charge in [-0.05, 0) is 54.9 Å². The van der Waals surface area contributed by atoms with E-state index < -0.39 is 0 Å². The standard InChI is InChI=1S/C18H22N2O2/c1-19-15-3-2-4-16(19)11-20(10-15)14-6-5-12-8-17(21)18(22)9-13(12)7-14/h5-9,15-16,21-22H,2-4,10-11H2,1H3. The van der Waals surface area contributed by atoms with Crippen molar-refractivity contribution in [1.29, 1.82) is 0 Å². The minimum Gasteiger partial charge on any atom is -0.504 e. The molecule has 116 valence electrons. The second-order valence-corrected chi connectivity index (χ2v) is 6.68. The summed E-state index contributed by atoms with van der Waals surface area (Å²) >= 11 is 0. The van der Waals surface area contributed by atoms with Gasteiger partial charge in [0.1, 0.15) is 0 Å². The number of hydrogen-bond acceptors (Lipinski definition) is 4. The summed E-state index contributed by atoms with van der Waals surface area (Å²) in [5.41, 5.74) is 1.21. The molecule has 2 bridgehead atoms. The quantitative estimate of drug-likeness (QED) is 0.795. The van der Waals surface area contributed by atoms with Gasteiger partial charge in [-0.1, -0.05) is 12.5 Å². The number of hydrogen-bond donors (Lipinski definition) is 2. The van der Waals surface area contributed by atoms with Gasteiger partial charge < -0.3 is 15.1 Å². The molecule has 4 heteroatoms. The summed E-state index contributed by atoms with van der Waals surface area (Å²) in [4.78, 5) is 5.02. The highest BCUT2D eigenvalue weighted by atomic mass is 16.3. The van der Waals surface area contributed by atoms with Crippen LogP contribution in [0.5, 0.6) is 11.5 Å². The maximum atomic E-state index is 9.71. The molecule has 2 heterocycles. The van der Waals surface area contributed by atoms with Crippen LogP contribution in [0.25, 0.3) is 10.8 Å². The third-order valence-electron chi connectivity index (χ3n) is 5.37. The number of piperazine rings is 1. The van der Waals surface area contributed by atoms with Gasteiger partial charge in [0, 0.05) is 30.9 Å². The predicted molar refractivity (Wildman–Crippen MR) is 88.7 cm³/mol. The fourth-order valence-electron chi connectivity index (χ4n) is 3.99. The number of phenols is 2. The summed E-state index contributed by atoms with van der Waals surface area (Å²) in [6.07, 6.45) is 3.91. The van der Waals surface area contributed by atoms with E-state index in [-0.39, 0.29) is 11.5 Å². The van der Waals surface area contributed by atoms with Gasteiger partial charge in [0.15, 0.2) is 11.5 Å². The summed E-state index contributed by atoms with van der Waals surface area (Å²) in [5.74, 6) is -0.116. The lowest BCUT2D eigenvalue weighted by Crippen LogP contribution is -2.59. The second-order valence-electron chi connectivity index (χ2n) is 6.68. The topological polar surface area (TPSA) is 46.9 Å². The Morgan fingerprint density at radius 1 is 0.909 bits per heavy atom. The van der Waals surface area contributed by atoms with E-state index in [1.54, 1.807) is 12.1 Å². The molecular weight excluding hydrogens is 276 g/mol. The van der Waals surface area contributed by atoms with Crippen molar-refractivity contribution in [1.82, 2.24) is 4.90 Å². The van der Waals surface area contributed by atoms with Crippen LogP contribution in [0.2, 0.25) is 0 Å². The lowest BCUT2D eigenvalue weighted by molar-refractivity contribution is 0.0951. The first-order valence-electron chi connectivity index (χ1n) is 8.04. The molecular formula is C18H22N2O2. The van der Waals surface area contributed by atoms with Crippen LogP contribution >= 0.6 is 0 Å². The van der Waals surface area contributed by atoms with E-state index in [0.717, 1.165) is 23.9 Å². The predicted octanol–water partition coefficient (Wildman–Crippen LogP) is 2.92. The molecule has 2 atom stereocenters. The Bertz CT molecular complexity index is 702. The van der Waals surface area contributed by atoms with Crippen molar-refractivity contribution in [2.24, 2.45) is 0 Å². The highest BCUT2D eigenvalue weighted by Crippen LogP contribution is 2.34. The molecule has 0 saturated carbocycles. The molecule has 0 amide bonds. The van der Waals surface area contributed by atoms with Crippen LogP contribution in [0.4, 0.5) is 5.69 Å². The Balaban J connectivity index is 1.68.